The van der Waals surface area contributed by atoms with Gasteiger partial charge in [-0.3, -0.25) is 0 Å². The largest absolute Gasteiger partial charge is 0.491 e. The minimum atomic E-state index is -1.04. The lowest BCUT2D eigenvalue weighted by Crippen LogP contribution is -2.29. The van der Waals surface area contributed by atoms with Gasteiger partial charge in [0.2, 0.25) is 0 Å². The van der Waals surface area contributed by atoms with Crippen molar-refractivity contribution >= 4 is 0 Å². The van der Waals surface area contributed by atoms with Crippen molar-refractivity contribution in [3.8, 4) is 11.5 Å². The van der Waals surface area contributed by atoms with E-state index in [1.807, 2.05) is 48.5 Å². The van der Waals surface area contributed by atoms with E-state index in [9.17, 15) is 5.11 Å². The Labute approximate surface area is 124 Å². The lowest BCUT2D eigenvalue weighted by Gasteiger charge is -2.24. The highest BCUT2D eigenvalue weighted by atomic mass is 16.5. The zero-order chi connectivity index (χ0) is 14.9. The molecule has 0 saturated heterocycles. The minimum Gasteiger partial charge on any atom is -0.491 e. The van der Waals surface area contributed by atoms with E-state index in [2.05, 4.69) is 0 Å². The smallest absolute Gasteiger partial charge is 0.127 e. The van der Waals surface area contributed by atoms with Crippen molar-refractivity contribution < 1.29 is 14.6 Å². The molecule has 2 atom stereocenters. The first-order valence-electron chi connectivity index (χ1n) is 6.99. The topological polar surface area (TPSA) is 64.7 Å². The third kappa shape index (κ3) is 2.86. The van der Waals surface area contributed by atoms with Gasteiger partial charge in [0.1, 0.15) is 30.3 Å². The van der Waals surface area contributed by atoms with E-state index >= 15 is 0 Å². The molecule has 2 aromatic carbocycles. The highest BCUT2D eigenvalue weighted by Crippen LogP contribution is 2.34. The summed E-state index contributed by atoms with van der Waals surface area (Å²) < 4.78 is 11.2. The molecule has 2 unspecified atom stereocenters. The summed E-state index contributed by atoms with van der Waals surface area (Å²) in [5.41, 5.74) is 6.69. The Morgan fingerprint density at radius 1 is 1.29 bits per heavy atom. The van der Waals surface area contributed by atoms with Crippen molar-refractivity contribution in [2.45, 2.75) is 18.6 Å². The maximum Gasteiger partial charge on any atom is 0.127 e. The van der Waals surface area contributed by atoms with Crippen LogP contribution in [0.15, 0.2) is 48.5 Å². The second-order valence-corrected chi connectivity index (χ2v) is 5.55. The van der Waals surface area contributed by atoms with Crippen LogP contribution >= 0.6 is 0 Å². The monoisotopic (exact) mass is 285 g/mol. The average Bonchev–Trinajstić information content (AvgIpc) is 2.87. The Balaban J connectivity index is 1.71. The van der Waals surface area contributed by atoms with Gasteiger partial charge in [0.05, 0.1) is 6.04 Å². The molecule has 0 bridgehead atoms. The zero-order valence-electron chi connectivity index (χ0n) is 12.0. The standard InChI is InChI=1S/C17H19NO3/c1-17(19,12-5-3-2-4-6-12)11-21-13-7-8-14-15(18)10-20-16(14)9-13/h2-9,15,19H,10-11,18H2,1H3. The van der Waals surface area contributed by atoms with Crippen LogP contribution in [0.2, 0.25) is 0 Å². The number of hydrogen-bond acceptors (Lipinski definition) is 4. The second kappa shape index (κ2) is 5.39. The molecular weight excluding hydrogens is 266 g/mol. The molecule has 110 valence electrons. The van der Waals surface area contributed by atoms with Gasteiger partial charge in [-0.15, -0.1) is 0 Å². The number of fused-ring (bicyclic) bond motifs is 1. The van der Waals surface area contributed by atoms with Gasteiger partial charge in [-0.1, -0.05) is 30.3 Å². The molecule has 1 aliphatic heterocycles. The van der Waals surface area contributed by atoms with Gasteiger partial charge >= 0.3 is 0 Å². The fourth-order valence-corrected chi connectivity index (χ4v) is 2.41. The maximum absolute atomic E-state index is 10.5. The summed E-state index contributed by atoms with van der Waals surface area (Å²) in [6.45, 7) is 2.41. The van der Waals surface area contributed by atoms with Gasteiger partial charge in [-0.2, -0.15) is 0 Å². The highest BCUT2D eigenvalue weighted by molar-refractivity contribution is 5.44. The van der Waals surface area contributed by atoms with Crippen LogP contribution in [0.25, 0.3) is 0 Å². The van der Waals surface area contributed by atoms with Crippen molar-refractivity contribution in [1.29, 1.82) is 0 Å². The van der Waals surface area contributed by atoms with Gasteiger partial charge in [-0.05, 0) is 24.6 Å². The Hall–Kier alpha value is -2.04. The first-order chi connectivity index (χ1) is 10.1. The molecule has 1 heterocycles. The number of hydrogen-bond donors (Lipinski definition) is 2. The summed E-state index contributed by atoms with van der Waals surface area (Å²) in [4.78, 5) is 0. The summed E-state index contributed by atoms with van der Waals surface area (Å²) >= 11 is 0. The van der Waals surface area contributed by atoms with Crippen LogP contribution in [-0.4, -0.2) is 18.3 Å². The number of rotatable bonds is 4. The molecule has 0 aliphatic carbocycles. The molecule has 0 fully saturated rings. The van der Waals surface area contributed by atoms with Crippen LogP contribution in [0, 0.1) is 0 Å². The SMILES string of the molecule is CC(O)(COc1ccc2c(c1)OCC2N)c1ccccc1. The van der Waals surface area contributed by atoms with Gasteiger partial charge in [0.15, 0.2) is 0 Å². The van der Waals surface area contributed by atoms with E-state index in [1.165, 1.54) is 0 Å². The van der Waals surface area contributed by atoms with Gasteiger partial charge in [0, 0.05) is 11.6 Å². The Bertz CT molecular complexity index is 625. The molecule has 3 N–H and O–H groups in total. The molecule has 21 heavy (non-hydrogen) atoms. The molecule has 0 saturated carbocycles. The first-order valence-corrected chi connectivity index (χ1v) is 6.99. The summed E-state index contributed by atoms with van der Waals surface area (Å²) in [6.07, 6.45) is 0. The van der Waals surface area contributed by atoms with Gasteiger partial charge in [-0.25, -0.2) is 0 Å². The maximum atomic E-state index is 10.5. The van der Waals surface area contributed by atoms with E-state index in [1.54, 1.807) is 6.92 Å². The van der Waals surface area contributed by atoms with Crippen LogP contribution in [-0.2, 0) is 5.60 Å². The molecule has 3 rings (SSSR count). The van der Waals surface area contributed by atoms with Gasteiger partial charge < -0.3 is 20.3 Å². The fourth-order valence-electron chi connectivity index (χ4n) is 2.41. The Morgan fingerprint density at radius 3 is 2.81 bits per heavy atom. The second-order valence-electron chi connectivity index (χ2n) is 5.55. The Kier molecular flexibility index (Phi) is 3.57. The normalized spacial score (nSPS) is 19.5. The number of benzene rings is 2. The fraction of sp³-hybridized carbons (Fsp3) is 0.294. The molecule has 0 amide bonds. The van der Waals surface area contributed by atoms with Crippen LogP contribution in [0.3, 0.4) is 0 Å². The van der Waals surface area contributed by atoms with E-state index in [-0.39, 0.29) is 12.6 Å². The van der Waals surface area contributed by atoms with E-state index in [4.69, 9.17) is 15.2 Å². The number of ether oxygens (including phenoxy) is 2. The van der Waals surface area contributed by atoms with E-state index < -0.39 is 5.60 Å². The molecule has 0 spiro atoms. The lowest BCUT2D eigenvalue weighted by molar-refractivity contribution is 0.00754. The van der Waals surface area contributed by atoms with Crippen LogP contribution in [0.1, 0.15) is 24.1 Å². The third-order valence-electron chi connectivity index (χ3n) is 3.72. The molecule has 4 heteroatoms. The highest BCUT2D eigenvalue weighted by Gasteiger charge is 2.25. The van der Waals surface area contributed by atoms with Crippen LogP contribution in [0.4, 0.5) is 0 Å². The van der Waals surface area contributed by atoms with Crippen molar-refractivity contribution in [2.24, 2.45) is 5.73 Å². The zero-order valence-corrected chi connectivity index (χ0v) is 12.0. The molecule has 1 aliphatic rings. The van der Waals surface area contributed by atoms with Crippen LogP contribution in [0.5, 0.6) is 11.5 Å². The van der Waals surface area contributed by atoms with Crippen LogP contribution < -0.4 is 15.2 Å². The molecule has 0 aromatic heterocycles. The van der Waals surface area contributed by atoms with Crippen molar-refractivity contribution in [2.75, 3.05) is 13.2 Å². The Morgan fingerprint density at radius 2 is 2.05 bits per heavy atom. The quantitative estimate of drug-likeness (QED) is 0.905. The predicted octanol–water partition coefficient (Wildman–Crippen LogP) is 2.37. The molecular formula is C17H19NO3. The molecule has 4 nitrogen and oxygen atoms in total. The third-order valence-corrected chi connectivity index (χ3v) is 3.72. The summed E-state index contributed by atoms with van der Waals surface area (Å²) in [6, 6.07) is 15.0. The average molecular weight is 285 g/mol. The molecule has 0 radical (unpaired) electrons. The summed E-state index contributed by atoms with van der Waals surface area (Å²) in [5, 5.41) is 10.5. The minimum absolute atomic E-state index is 0.0681. The summed E-state index contributed by atoms with van der Waals surface area (Å²) in [5.74, 6) is 1.43. The number of aliphatic hydroxyl groups is 1. The summed E-state index contributed by atoms with van der Waals surface area (Å²) in [7, 11) is 0. The van der Waals surface area contributed by atoms with Crippen molar-refractivity contribution in [1.82, 2.24) is 0 Å². The van der Waals surface area contributed by atoms with E-state index in [0.717, 1.165) is 16.9 Å². The predicted molar refractivity (Wildman–Crippen MR) is 80.4 cm³/mol. The van der Waals surface area contributed by atoms with Crippen molar-refractivity contribution in [3.05, 3.63) is 59.7 Å². The lowest BCUT2D eigenvalue weighted by atomic mass is 9.97. The van der Waals surface area contributed by atoms with Gasteiger partial charge in [0.25, 0.3) is 0 Å². The number of nitrogens with two attached hydrogens (primary N) is 1. The molecule has 2 aromatic rings. The van der Waals surface area contributed by atoms with Crippen molar-refractivity contribution in [3.63, 3.8) is 0 Å². The first kappa shape index (κ1) is 13.9. The van der Waals surface area contributed by atoms with E-state index in [0.29, 0.717) is 12.4 Å².